The zero-order valence-electron chi connectivity index (χ0n) is 16.4. The van der Waals surface area contributed by atoms with E-state index in [2.05, 4.69) is 17.9 Å². The van der Waals surface area contributed by atoms with Crippen molar-refractivity contribution in [3.8, 4) is 0 Å². The molecular weight excluding hydrogens is 466 g/mol. The molecule has 0 heterocycles. The number of hydrogen-bond donors (Lipinski definition) is 10. The van der Waals surface area contributed by atoms with Gasteiger partial charge in [-0.25, -0.2) is 14.4 Å². The Morgan fingerprint density at radius 2 is 1.22 bits per heavy atom. The van der Waals surface area contributed by atoms with Crippen LogP contribution in [0.1, 0.15) is 26.2 Å². The molecule has 0 aliphatic carbocycles. The Hall–Kier alpha value is -3.44. The third-order valence-electron chi connectivity index (χ3n) is 2.80. The monoisotopic (exact) mass is 489 g/mol. The van der Waals surface area contributed by atoms with E-state index in [4.69, 9.17) is 40.9 Å². The number of aliphatic carboxylic acids is 6. The molecule has 0 aliphatic heterocycles. The van der Waals surface area contributed by atoms with E-state index < -0.39 is 72.8 Å². The predicted molar refractivity (Wildman–Crippen MR) is 102 cm³/mol. The summed E-state index contributed by atoms with van der Waals surface area (Å²) in [5.74, 6) is -9.18. The second kappa shape index (κ2) is 16.3. The topological polar surface area (TPSA) is 293 Å². The fourth-order valence-corrected chi connectivity index (χ4v) is 1.65. The van der Waals surface area contributed by atoms with Crippen LogP contribution in [0.2, 0.25) is 0 Å². The molecule has 17 heteroatoms. The van der Waals surface area contributed by atoms with E-state index >= 15 is 0 Å². The van der Waals surface area contributed by atoms with Crippen molar-refractivity contribution in [3.63, 3.8) is 0 Å². The zero-order valence-corrected chi connectivity index (χ0v) is 17.3. The molecule has 0 saturated heterocycles. The van der Waals surface area contributed by atoms with Gasteiger partial charge in [-0.2, -0.15) is 12.6 Å². The lowest BCUT2D eigenvalue weighted by Gasteiger charge is -2.18. The van der Waals surface area contributed by atoms with Crippen LogP contribution in [-0.2, 0) is 33.6 Å². The second-order valence-electron chi connectivity index (χ2n) is 5.70. The Morgan fingerprint density at radius 1 is 0.812 bits per heavy atom. The van der Waals surface area contributed by atoms with Gasteiger partial charge >= 0.3 is 35.8 Å². The van der Waals surface area contributed by atoms with E-state index in [-0.39, 0.29) is 11.7 Å². The number of thiol groups is 1. The van der Waals surface area contributed by atoms with Crippen LogP contribution in [0.15, 0.2) is 0 Å². The van der Waals surface area contributed by atoms with Gasteiger partial charge in [-0.1, -0.05) is 0 Å². The summed E-state index contributed by atoms with van der Waals surface area (Å²) in [5, 5.41) is 68.5. The predicted octanol–water partition coefficient (Wildman–Crippen LogP) is -2.84. The van der Waals surface area contributed by atoms with Gasteiger partial charge < -0.3 is 46.2 Å². The fraction of sp³-hybridized carbons (Fsp3) is 0.533. The number of hydrogen-bond acceptors (Lipinski definition) is 10. The van der Waals surface area contributed by atoms with Crippen LogP contribution in [0.3, 0.4) is 0 Å². The number of aliphatic hydroxyl groups excluding tert-OH is 1. The van der Waals surface area contributed by atoms with E-state index in [1.54, 1.807) is 0 Å². The SMILES string of the molecule is CC(=O)N[C@@H](CS)C(=O)O.O=C(O)CC(O)(CC(=O)O)C(=O)O.O=C(O)CC(O)C(=O)O. The van der Waals surface area contributed by atoms with Crippen LogP contribution in [0.25, 0.3) is 0 Å². The molecule has 9 N–H and O–H groups in total. The molecule has 0 aromatic carbocycles. The van der Waals surface area contributed by atoms with Gasteiger partial charge in [-0.15, -0.1) is 0 Å². The third-order valence-corrected chi connectivity index (χ3v) is 3.16. The average Bonchev–Trinajstić information content (AvgIpc) is 2.58. The highest BCUT2D eigenvalue weighted by Crippen LogP contribution is 2.15. The van der Waals surface area contributed by atoms with Crippen LogP contribution in [-0.4, -0.2) is 106 Å². The minimum absolute atomic E-state index is 0.106. The number of aliphatic hydroxyl groups is 2. The van der Waals surface area contributed by atoms with Crippen molar-refractivity contribution < 1.29 is 74.4 Å². The highest BCUT2D eigenvalue weighted by Gasteiger charge is 2.40. The highest BCUT2D eigenvalue weighted by molar-refractivity contribution is 7.80. The van der Waals surface area contributed by atoms with Crippen LogP contribution in [0, 0.1) is 0 Å². The molecule has 16 nitrogen and oxygen atoms in total. The summed E-state index contributed by atoms with van der Waals surface area (Å²) in [6.45, 7) is 1.26. The molecule has 0 rings (SSSR count). The molecule has 1 unspecified atom stereocenters. The summed E-state index contributed by atoms with van der Waals surface area (Å²) in [5.41, 5.74) is -2.74. The Kier molecular flexibility index (Phi) is 16.9. The number of rotatable bonds is 11. The summed E-state index contributed by atoms with van der Waals surface area (Å²) in [4.78, 5) is 70.4. The van der Waals surface area contributed by atoms with Gasteiger partial charge in [0, 0.05) is 12.7 Å². The molecule has 0 spiro atoms. The molecule has 0 radical (unpaired) electrons. The summed E-state index contributed by atoms with van der Waals surface area (Å²) in [6, 6.07) is -0.874. The van der Waals surface area contributed by atoms with Crippen molar-refractivity contribution in [2.45, 2.75) is 43.9 Å². The Labute approximate surface area is 184 Å². The first-order chi connectivity index (χ1) is 14.4. The smallest absolute Gasteiger partial charge is 0.336 e. The summed E-state index contributed by atoms with van der Waals surface area (Å²) >= 11 is 3.73. The molecule has 2 atom stereocenters. The Bertz CT molecular complexity index is 691. The van der Waals surface area contributed by atoms with Crippen LogP contribution >= 0.6 is 12.6 Å². The van der Waals surface area contributed by atoms with Gasteiger partial charge in [0.1, 0.15) is 6.04 Å². The number of carbonyl (C=O) groups is 7. The average molecular weight is 489 g/mol. The van der Waals surface area contributed by atoms with E-state index in [1.807, 2.05) is 0 Å². The minimum Gasteiger partial charge on any atom is -0.481 e. The first-order valence-corrected chi connectivity index (χ1v) is 8.65. The van der Waals surface area contributed by atoms with Crippen molar-refractivity contribution in [1.82, 2.24) is 5.32 Å². The van der Waals surface area contributed by atoms with Crippen LogP contribution in [0.4, 0.5) is 0 Å². The van der Waals surface area contributed by atoms with Gasteiger partial charge in [0.15, 0.2) is 11.7 Å². The number of amides is 1. The van der Waals surface area contributed by atoms with Crippen molar-refractivity contribution >= 4 is 54.4 Å². The quantitative estimate of drug-likeness (QED) is 0.131. The van der Waals surface area contributed by atoms with Crippen molar-refractivity contribution in [1.29, 1.82) is 0 Å². The lowest BCUT2D eigenvalue weighted by Crippen LogP contribution is -2.42. The number of carbonyl (C=O) groups excluding carboxylic acids is 1. The maximum atomic E-state index is 10.3. The van der Waals surface area contributed by atoms with Gasteiger partial charge in [0.05, 0.1) is 19.3 Å². The Balaban J connectivity index is -0.000000403. The van der Waals surface area contributed by atoms with Crippen molar-refractivity contribution in [2.75, 3.05) is 5.75 Å². The van der Waals surface area contributed by atoms with Gasteiger partial charge in [-0.05, 0) is 0 Å². The first kappa shape index (κ1) is 33.2. The summed E-state index contributed by atoms with van der Waals surface area (Å²) < 4.78 is 0. The first-order valence-electron chi connectivity index (χ1n) is 8.02. The van der Waals surface area contributed by atoms with E-state index in [9.17, 15) is 33.6 Å². The normalized spacial score (nSPS) is 11.8. The fourth-order valence-electron chi connectivity index (χ4n) is 1.40. The zero-order chi connectivity index (χ0) is 26.2. The maximum Gasteiger partial charge on any atom is 0.336 e. The largest absolute Gasteiger partial charge is 0.481 e. The molecule has 1 amide bonds. The second-order valence-corrected chi connectivity index (χ2v) is 6.07. The lowest BCUT2D eigenvalue weighted by atomic mass is 9.96. The van der Waals surface area contributed by atoms with Crippen LogP contribution in [0.5, 0.6) is 0 Å². The lowest BCUT2D eigenvalue weighted by molar-refractivity contribution is -0.170. The number of carboxylic acids is 6. The van der Waals surface area contributed by atoms with Crippen LogP contribution < -0.4 is 5.32 Å². The van der Waals surface area contributed by atoms with E-state index in [0.717, 1.165) is 0 Å². The molecule has 32 heavy (non-hydrogen) atoms. The minimum atomic E-state index is -2.74. The molecule has 184 valence electrons. The van der Waals surface area contributed by atoms with E-state index in [0.29, 0.717) is 0 Å². The maximum absolute atomic E-state index is 10.3. The molecule has 0 aromatic heterocycles. The molecular formula is C15H23NO15S. The molecule has 0 aliphatic rings. The molecule has 0 saturated carbocycles. The van der Waals surface area contributed by atoms with Crippen molar-refractivity contribution in [2.24, 2.45) is 0 Å². The van der Waals surface area contributed by atoms with Gasteiger partial charge in [-0.3, -0.25) is 19.2 Å². The molecule has 0 fully saturated rings. The standard InChI is InChI=1S/C6H8O7.C5H9NO3S.C4H6O5/c7-3(8)1-6(13,5(11)12)2-4(9)10;1-3(7)6-4(2-10)5(8)9;5-2(4(8)9)1-3(6)7/h13H,1-2H2,(H,7,8)(H,9,10)(H,11,12);4,10H,2H2,1H3,(H,6,7)(H,8,9);2,5H,1H2,(H,6,7)(H,8,9)/t;4-;/m.0./s1. The van der Waals surface area contributed by atoms with Gasteiger partial charge in [0.2, 0.25) is 5.91 Å². The molecule has 0 aromatic rings. The third kappa shape index (κ3) is 18.6. The number of nitrogens with one attached hydrogen (secondary N) is 1. The highest BCUT2D eigenvalue weighted by atomic mass is 32.1. The Morgan fingerprint density at radius 3 is 1.34 bits per heavy atom. The van der Waals surface area contributed by atoms with E-state index in [1.165, 1.54) is 6.92 Å². The van der Waals surface area contributed by atoms with Gasteiger partial charge in [0.25, 0.3) is 0 Å². The van der Waals surface area contributed by atoms with Crippen molar-refractivity contribution in [3.05, 3.63) is 0 Å². The number of carboxylic acid groups (broad SMARTS) is 6. The molecule has 0 bridgehead atoms. The summed E-state index contributed by atoms with van der Waals surface area (Å²) in [7, 11) is 0. The summed E-state index contributed by atoms with van der Waals surface area (Å²) in [6.07, 6.45) is -4.83.